The Morgan fingerprint density at radius 3 is 2.58 bits per heavy atom. The summed E-state index contributed by atoms with van der Waals surface area (Å²) in [4.78, 5) is 3.23. The molecule has 1 aromatic heterocycles. The zero-order chi connectivity index (χ0) is 9.35. The van der Waals surface area contributed by atoms with Crippen LogP contribution in [-0.4, -0.2) is 16.5 Å². The highest BCUT2D eigenvalue weighted by Gasteiger charge is 2.42. The standard InChI is InChI=1S/C6H6F3NO2/c1-3-10-4(2-12-3)6(9,11)5(7)8/h2,5,11H,1H3. The van der Waals surface area contributed by atoms with Crippen LogP contribution in [0.5, 0.6) is 0 Å². The van der Waals surface area contributed by atoms with Crippen LogP contribution in [0.15, 0.2) is 10.7 Å². The van der Waals surface area contributed by atoms with E-state index >= 15 is 0 Å². The van der Waals surface area contributed by atoms with Crippen molar-refractivity contribution in [3.8, 4) is 0 Å². The van der Waals surface area contributed by atoms with E-state index in [1.54, 1.807) is 0 Å². The van der Waals surface area contributed by atoms with Crippen molar-refractivity contribution >= 4 is 0 Å². The fraction of sp³-hybridized carbons (Fsp3) is 0.500. The van der Waals surface area contributed by atoms with E-state index < -0.39 is 18.0 Å². The Balaban J connectivity index is 2.97. The van der Waals surface area contributed by atoms with Crippen molar-refractivity contribution in [2.75, 3.05) is 0 Å². The molecule has 1 rings (SSSR count). The first-order valence-electron chi connectivity index (χ1n) is 3.06. The second kappa shape index (κ2) is 2.78. The molecule has 68 valence electrons. The van der Waals surface area contributed by atoms with Crippen LogP contribution < -0.4 is 0 Å². The molecule has 12 heavy (non-hydrogen) atoms. The highest BCUT2D eigenvalue weighted by Crippen LogP contribution is 2.28. The van der Waals surface area contributed by atoms with Crippen molar-refractivity contribution in [3.63, 3.8) is 0 Å². The van der Waals surface area contributed by atoms with Gasteiger partial charge >= 0.3 is 12.3 Å². The molecular formula is C6H6F3NO2. The summed E-state index contributed by atoms with van der Waals surface area (Å²) in [6.45, 7) is 1.35. The van der Waals surface area contributed by atoms with Gasteiger partial charge in [-0.05, 0) is 0 Å². The Kier molecular flexibility index (Phi) is 2.10. The molecule has 0 saturated carbocycles. The van der Waals surface area contributed by atoms with E-state index in [1.165, 1.54) is 6.92 Å². The Bertz CT molecular complexity index is 272. The predicted octanol–water partition coefficient (Wildman–Crippen LogP) is 1.36. The Morgan fingerprint density at radius 2 is 2.25 bits per heavy atom. The molecule has 0 bridgehead atoms. The van der Waals surface area contributed by atoms with Gasteiger partial charge in [0, 0.05) is 6.92 Å². The van der Waals surface area contributed by atoms with Crippen molar-refractivity contribution in [1.29, 1.82) is 0 Å². The monoisotopic (exact) mass is 181 g/mol. The minimum absolute atomic E-state index is 0.0155. The maximum Gasteiger partial charge on any atom is 0.314 e. The molecule has 0 aliphatic rings. The third-order valence-electron chi connectivity index (χ3n) is 1.27. The highest BCUT2D eigenvalue weighted by molar-refractivity contribution is 5.04. The van der Waals surface area contributed by atoms with E-state index in [2.05, 4.69) is 9.40 Å². The average molecular weight is 181 g/mol. The summed E-state index contributed by atoms with van der Waals surface area (Å²) in [7, 11) is 0. The van der Waals surface area contributed by atoms with Crippen molar-refractivity contribution in [1.82, 2.24) is 4.98 Å². The van der Waals surface area contributed by atoms with Crippen LogP contribution in [0.4, 0.5) is 13.2 Å². The molecule has 0 radical (unpaired) electrons. The SMILES string of the molecule is Cc1nc(C(O)(F)C(F)F)co1. The summed E-state index contributed by atoms with van der Waals surface area (Å²) in [5.74, 6) is -3.71. The zero-order valence-electron chi connectivity index (χ0n) is 6.09. The molecule has 0 amide bonds. The third kappa shape index (κ3) is 1.42. The number of alkyl halides is 3. The number of hydrogen-bond acceptors (Lipinski definition) is 3. The number of aromatic nitrogens is 1. The fourth-order valence-corrected chi connectivity index (χ4v) is 0.636. The van der Waals surface area contributed by atoms with Gasteiger partial charge in [0.2, 0.25) is 0 Å². The van der Waals surface area contributed by atoms with Gasteiger partial charge in [0.05, 0.1) is 0 Å². The normalized spacial score (nSPS) is 16.5. The predicted molar refractivity (Wildman–Crippen MR) is 32.2 cm³/mol. The molecule has 1 aromatic rings. The lowest BCUT2D eigenvalue weighted by Crippen LogP contribution is -2.29. The van der Waals surface area contributed by atoms with E-state index in [1.807, 2.05) is 0 Å². The lowest BCUT2D eigenvalue weighted by Gasteiger charge is -2.13. The molecule has 3 nitrogen and oxygen atoms in total. The molecule has 0 spiro atoms. The van der Waals surface area contributed by atoms with E-state index in [0.717, 1.165) is 0 Å². The van der Waals surface area contributed by atoms with Gasteiger partial charge in [0.15, 0.2) is 5.89 Å². The van der Waals surface area contributed by atoms with Crippen LogP contribution in [0.2, 0.25) is 0 Å². The number of nitrogens with zero attached hydrogens (tertiary/aromatic N) is 1. The van der Waals surface area contributed by atoms with E-state index in [9.17, 15) is 13.2 Å². The molecule has 1 N–H and O–H groups in total. The molecule has 0 aromatic carbocycles. The maximum absolute atomic E-state index is 12.6. The highest BCUT2D eigenvalue weighted by atomic mass is 19.3. The molecule has 1 unspecified atom stereocenters. The van der Waals surface area contributed by atoms with Crippen molar-refractivity contribution in [2.24, 2.45) is 0 Å². The topological polar surface area (TPSA) is 46.3 Å². The number of aryl methyl sites for hydroxylation is 1. The number of halogens is 3. The molecule has 1 atom stereocenters. The number of aliphatic hydroxyl groups is 1. The minimum atomic E-state index is -3.72. The first-order chi connectivity index (χ1) is 5.44. The van der Waals surface area contributed by atoms with Gasteiger partial charge in [-0.25, -0.2) is 13.8 Å². The molecule has 0 aliphatic carbocycles. The van der Waals surface area contributed by atoms with Crippen molar-refractivity contribution in [3.05, 3.63) is 17.8 Å². The zero-order valence-corrected chi connectivity index (χ0v) is 6.09. The summed E-state index contributed by atoms with van der Waals surface area (Å²) >= 11 is 0. The van der Waals surface area contributed by atoms with Gasteiger partial charge in [-0.2, -0.15) is 4.39 Å². The Morgan fingerprint density at radius 1 is 1.67 bits per heavy atom. The van der Waals surface area contributed by atoms with Crippen LogP contribution in [0.25, 0.3) is 0 Å². The van der Waals surface area contributed by atoms with E-state index in [4.69, 9.17) is 5.11 Å². The van der Waals surface area contributed by atoms with Gasteiger partial charge in [-0.3, -0.25) is 0 Å². The van der Waals surface area contributed by atoms with Crippen LogP contribution in [0.3, 0.4) is 0 Å². The minimum Gasteiger partial charge on any atom is -0.449 e. The molecular weight excluding hydrogens is 175 g/mol. The smallest absolute Gasteiger partial charge is 0.314 e. The van der Waals surface area contributed by atoms with E-state index in [0.29, 0.717) is 6.26 Å². The van der Waals surface area contributed by atoms with E-state index in [-0.39, 0.29) is 5.89 Å². The van der Waals surface area contributed by atoms with Gasteiger partial charge < -0.3 is 9.52 Å². The fourth-order valence-electron chi connectivity index (χ4n) is 0.636. The van der Waals surface area contributed by atoms with Crippen LogP contribution in [0, 0.1) is 6.92 Å². The first kappa shape index (κ1) is 9.05. The van der Waals surface area contributed by atoms with Crippen molar-refractivity contribution in [2.45, 2.75) is 19.2 Å². The van der Waals surface area contributed by atoms with Crippen LogP contribution >= 0.6 is 0 Å². The second-order valence-corrected chi connectivity index (χ2v) is 2.23. The summed E-state index contributed by atoms with van der Waals surface area (Å²) in [6, 6.07) is 0. The quantitative estimate of drug-likeness (QED) is 0.749. The van der Waals surface area contributed by atoms with Gasteiger partial charge in [-0.1, -0.05) is 0 Å². The molecule has 6 heteroatoms. The maximum atomic E-state index is 12.6. The number of hydrogen-bond donors (Lipinski definition) is 1. The van der Waals surface area contributed by atoms with Gasteiger partial charge in [0.1, 0.15) is 12.0 Å². The summed E-state index contributed by atoms with van der Waals surface area (Å²) < 4.78 is 40.7. The summed E-state index contributed by atoms with van der Waals surface area (Å²) in [6.07, 6.45) is -2.89. The second-order valence-electron chi connectivity index (χ2n) is 2.23. The van der Waals surface area contributed by atoms with Crippen LogP contribution in [-0.2, 0) is 5.85 Å². The van der Waals surface area contributed by atoms with Crippen LogP contribution in [0.1, 0.15) is 11.6 Å². The summed E-state index contributed by atoms with van der Waals surface area (Å²) in [5.41, 5.74) is -0.810. The largest absolute Gasteiger partial charge is 0.449 e. The third-order valence-corrected chi connectivity index (χ3v) is 1.27. The van der Waals surface area contributed by atoms with Gasteiger partial charge in [0.25, 0.3) is 0 Å². The summed E-state index contributed by atoms with van der Waals surface area (Å²) in [5, 5.41) is 8.54. The molecule has 0 fully saturated rings. The Labute approximate surface area is 65.8 Å². The number of oxazole rings is 1. The Hall–Kier alpha value is -1.04. The lowest BCUT2D eigenvalue weighted by atomic mass is 10.2. The molecule has 0 aliphatic heterocycles. The van der Waals surface area contributed by atoms with Gasteiger partial charge in [-0.15, -0.1) is 0 Å². The number of rotatable bonds is 2. The average Bonchev–Trinajstić information content (AvgIpc) is 2.35. The molecule has 1 heterocycles. The molecule has 0 saturated heterocycles. The lowest BCUT2D eigenvalue weighted by molar-refractivity contribution is -0.197. The first-order valence-corrected chi connectivity index (χ1v) is 3.06. The van der Waals surface area contributed by atoms with Crippen molar-refractivity contribution < 1.29 is 22.7 Å².